The zero-order valence-electron chi connectivity index (χ0n) is 13.1. The van der Waals surface area contributed by atoms with E-state index in [1.165, 1.54) is 28.0 Å². The lowest BCUT2D eigenvalue weighted by Gasteiger charge is -2.28. The van der Waals surface area contributed by atoms with Gasteiger partial charge in [0.05, 0.1) is 24.6 Å². The standard InChI is InChI=1S/C14H17N5O2S2/c1-14(2,9-15)19(3)11(20)8-22-13-18-17-12(23-13)16-7-10-5-4-6-21-10/h4-6H,7-8H2,1-3H3,(H,16,17). The Morgan fingerprint density at radius 2 is 2.35 bits per heavy atom. The van der Waals surface area contributed by atoms with Crippen LogP contribution in [0.25, 0.3) is 0 Å². The fraction of sp³-hybridized carbons (Fsp3) is 0.429. The lowest BCUT2D eigenvalue weighted by Crippen LogP contribution is -2.44. The summed E-state index contributed by atoms with van der Waals surface area (Å²) in [5, 5.41) is 20.9. The lowest BCUT2D eigenvalue weighted by molar-refractivity contribution is -0.130. The third kappa shape index (κ3) is 4.71. The molecule has 0 unspecified atom stereocenters. The van der Waals surface area contributed by atoms with Crippen molar-refractivity contribution in [3.05, 3.63) is 24.2 Å². The van der Waals surface area contributed by atoms with E-state index in [2.05, 4.69) is 21.6 Å². The molecule has 0 aliphatic heterocycles. The topological polar surface area (TPSA) is 95.1 Å². The van der Waals surface area contributed by atoms with Gasteiger partial charge in [-0.2, -0.15) is 5.26 Å². The third-order valence-electron chi connectivity index (χ3n) is 3.21. The molecule has 0 aliphatic rings. The van der Waals surface area contributed by atoms with E-state index in [4.69, 9.17) is 9.68 Å². The molecule has 23 heavy (non-hydrogen) atoms. The molecule has 2 rings (SSSR count). The first-order valence-electron chi connectivity index (χ1n) is 6.83. The van der Waals surface area contributed by atoms with E-state index in [-0.39, 0.29) is 11.7 Å². The Hall–Kier alpha value is -2.05. The maximum absolute atomic E-state index is 12.1. The van der Waals surface area contributed by atoms with Gasteiger partial charge in [-0.15, -0.1) is 10.2 Å². The van der Waals surface area contributed by atoms with Crippen molar-refractivity contribution < 1.29 is 9.21 Å². The maximum atomic E-state index is 12.1. The van der Waals surface area contributed by atoms with Crippen molar-refractivity contribution in [2.75, 3.05) is 18.1 Å². The first-order chi connectivity index (χ1) is 10.9. The van der Waals surface area contributed by atoms with Gasteiger partial charge < -0.3 is 14.6 Å². The summed E-state index contributed by atoms with van der Waals surface area (Å²) in [4.78, 5) is 13.5. The van der Waals surface area contributed by atoms with E-state index < -0.39 is 5.54 Å². The zero-order chi connectivity index (χ0) is 16.9. The van der Waals surface area contributed by atoms with E-state index in [1.54, 1.807) is 27.2 Å². The number of anilines is 1. The molecule has 0 fully saturated rings. The van der Waals surface area contributed by atoms with Crippen LogP contribution in [0.15, 0.2) is 27.2 Å². The smallest absolute Gasteiger partial charge is 0.234 e. The number of thioether (sulfide) groups is 1. The number of carbonyl (C=O) groups is 1. The summed E-state index contributed by atoms with van der Waals surface area (Å²) in [6.45, 7) is 3.94. The van der Waals surface area contributed by atoms with E-state index in [1.807, 2.05) is 12.1 Å². The quantitative estimate of drug-likeness (QED) is 0.766. The number of furan rings is 1. The number of rotatable bonds is 7. The normalized spacial score (nSPS) is 11.0. The number of carbonyl (C=O) groups excluding carboxylic acids is 1. The van der Waals surface area contributed by atoms with Crippen LogP contribution < -0.4 is 5.32 Å². The van der Waals surface area contributed by atoms with E-state index in [0.717, 1.165) is 5.76 Å². The molecule has 122 valence electrons. The number of nitrogens with zero attached hydrogens (tertiary/aromatic N) is 4. The second-order valence-electron chi connectivity index (χ2n) is 5.22. The molecular formula is C14H17N5O2S2. The van der Waals surface area contributed by atoms with Crippen molar-refractivity contribution in [3.8, 4) is 6.07 Å². The fourth-order valence-electron chi connectivity index (χ4n) is 1.52. The van der Waals surface area contributed by atoms with Crippen LogP contribution in [0.3, 0.4) is 0 Å². The second-order valence-corrected chi connectivity index (χ2v) is 7.42. The summed E-state index contributed by atoms with van der Waals surface area (Å²) in [5.74, 6) is 0.904. The molecule has 0 aromatic carbocycles. The molecule has 2 aromatic rings. The first kappa shape index (κ1) is 17.3. The first-order valence-corrected chi connectivity index (χ1v) is 8.63. The highest BCUT2D eigenvalue weighted by atomic mass is 32.2. The number of amides is 1. The summed E-state index contributed by atoms with van der Waals surface area (Å²) < 4.78 is 5.92. The van der Waals surface area contributed by atoms with Gasteiger partial charge in [0.2, 0.25) is 11.0 Å². The fourth-order valence-corrected chi connectivity index (χ4v) is 3.18. The Labute approximate surface area is 142 Å². The molecule has 0 atom stereocenters. The molecule has 0 saturated heterocycles. The van der Waals surface area contributed by atoms with Gasteiger partial charge in [-0.1, -0.05) is 23.1 Å². The summed E-state index contributed by atoms with van der Waals surface area (Å²) in [6.07, 6.45) is 1.61. The molecule has 2 aromatic heterocycles. The number of aromatic nitrogens is 2. The van der Waals surface area contributed by atoms with Crippen LogP contribution in [-0.2, 0) is 11.3 Å². The van der Waals surface area contributed by atoms with Gasteiger partial charge >= 0.3 is 0 Å². The van der Waals surface area contributed by atoms with E-state index in [9.17, 15) is 4.79 Å². The molecule has 7 nitrogen and oxygen atoms in total. The van der Waals surface area contributed by atoms with Crippen molar-refractivity contribution in [2.24, 2.45) is 0 Å². The monoisotopic (exact) mass is 351 g/mol. The Morgan fingerprint density at radius 1 is 1.57 bits per heavy atom. The minimum absolute atomic E-state index is 0.123. The molecule has 0 radical (unpaired) electrons. The van der Waals surface area contributed by atoms with Crippen molar-refractivity contribution in [2.45, 2.75) is 30.3 Å². The van der Waals surface area contributed by atoms with Crippen molar-refractivity contribution in [1.29, 1.82) is 5.26 Å². The second kappa shape index (κ2) is 7.48. The summed E-state index contributed by atoms with van der Waals surface area (Å²) in [5.41, 5.74) is -0.825. The van der Waals surface area contributed by atoms with Crippen molar-refractivity contribution >= 4 is 34.1 Å². The summed E-state index contributed by atoms with van der Waals surface area (Å²) in [7, 11) is 1.63. The van der Waals surface area contributed by atoms with Gasteiger partial charge in [0.25, 0.3) is 0 Å². The van der Waals surface area contributed by atoms with Crippen molar-refractivity contribution in [1.82, 2.24) is 15.1 Å². The van der Waals surface area contributed by atoms with Crippen LogP contribution >= 0.6 is 23.1 Å². The third-order valence-corrected chi connectivity index (χ3v) is 5.20. The predicted octanol–water partition coefficient (Wildman–Crippen LogP) is 2.60. The molecule has 1 amide bonds. The van der Waals surface area contributed by atoms with Gasteiger partial charge in [-0.25, -0.2) is 0 Å². The van der Waals surface area contributed by atoms with Gasteiger partial charge in [0.1, 0.15) is 11.3 Å². The van der Waals surface area contributed by atoms with E-state index >= 15 is 0 Å². The van der Waals surface area contributed by atoms with Crippen LogP contribution in [0.4, 0.5) is 5.13 Å². The Balaban J connectivity index is 1.82. The largest absolute Gasteiger partial charge is 0.467 e. The highest BCUT2D eigenvalue weighted by Gasteiger charge is 2.27. The van der Waals surface area contributed by atoms with E-state index in [0.29, 0.717) is 16.0 Å². The van der Waals surface area contributed by atoms with Gasteiger partial charge in [-0.05, 0) is 26.0 Å². The summed E-state index contributed by atoms with van der Waals surface area (Å²) in [6, 6.07) is 5.80. The van der Waals surface area contributed by atoms with Gasteiger partial charge in [-0.3, -0.25) is 4.79 Å². The Morgan fingerprint density at radius 3 is 3.00 bits per heavy atom. The molecule has 0 spiro atoms. The average Bonchev–Trinajstić information content (AvgIpc) is 3.21. The number of nitriles is 1. The lowest BCUT2D eigenvalue weighted by atomic mass is 10.1. The van der Waals surface area contributed by atoms with Crippen LogP contribution in [0.2, 0.25) is 0 Å². The zero-order valence-corrected chi connectivity index (χ0v) is 14.7. The minimum Gasteiger partial charge on any atom is -0.467 e. The van der Waals surface area contributed by atoms with Crippen LogP contribution in [0, 0.1) is 11.3 Å². The minimum atomic E-state index is -0.825. The molecule has 0 bridgehead atoms. The van der Waals surface area contributed by atoms with Gasteiger partial charge in [0, 0.05) is 7.05 Å². The number of hydrogen-bond acceptors (Lipinski definition) is 8. The predicted molar refractivity (Wildman–Crippen MR) is 89.1 cm³/mol. The highest BCUT2D eigenvalue weighted by molar-refractivity contribution is 8.01. The average molecular weight is 351 g/mol. The molecule has 0 aliphatic carbocycles. The highest BCUT2D eigenvalue weighted by Crippen LogP contribution is 2.26. The molecule has 1 N–H and O–H groups in total. The number of nitrogens with one attached hydrogen (secondary N) is 1. The van der Waals surface area contributed by atoms with Crippen LogP contribution in [0.5, 0.6) is 0 Å². The molecule has 2 heterocycles. The summed E-state index contributed by atoms with van der Waals surface area (Å²) >= 11 is 2.68. The SMILES string of the molecule is CN(C(=O)CSc1nnc(NCc2ccco2)s1)C(C)(C)C#N. The molecular weight excluding hydrogens is 334 g/mol. The van der Waals surface area contributed by atoms with Crippen LogP contribution in [0.1, 0.15) is 19.6 Å². The maximum Gasteiger partial charge on any atom is 0.234 e. The number of hydrogen-bond donors (Lipinski definition) is 1. The Bertz CT molecular complexity index is 690. The Kier molecular flexibility index (Phi) is 5.63. The van der Waals surface area contributed by atoms with Crippen LogP contribution in [-0.4, -0.2) is 39.3 Å². The van der Waals surface area contributed by atoms with Gasteiger partial charge in [0.15, 0.2) is 4.34 Å². The molecule has 0 saturated carbocycles. The van der Waals surface area contributed by atoms with Crippen molar-refractivity contribution in [3.63, 3.8) is 0 Å². The molecule has 9 heteroatoms.